The lowest BCUT2D eigenvalue weighted by Crippen LogP contribution is -2.27. The Hall–Kier alpha value is -11.6. The van der Waals surface area contributed by atoms with Crippen molar-refractivity contribution in [2.45, 2.75) is 179 Å². The molecule has 44 heteroatoms. The zero-order chi connectivity index (χ0) is 99.7. The Morgan fingerprint density at radius 1 is 0.295 bits per heavy atom. The number of halogens is 4. The van der Waals surface area contributed by atoms with Crippen LogP contribution < -0.4 is 17.2 Å². The fraction of sp³-hybridized carbons (Fsp3) is 0.409. The minimum absolute atomic E-state index is 0.0601. The first kappa shape index (κ1) is 111. The van der Waals surface area contributed by atoms with Crippen molar-refractivity contribution in [3.8, 4) is 45.0 Å². The zero-order valence-corrected chi connectivity index (χ0v) is 78.5. The van der Waals surface area contributed by atoms with Crippen molar-refractivity contribution in [1.29, 1.82) is 0 Å². The van der Waals surface area contributed by atoms with Crippen molar-refractivity contribution in [3.05, 3.63) is 190 Å². The van der Waals surface area contributed by atoms with Crippen molar-refractivity contribution >= 4 is 112 Å². The van der Waals surface area contributed by atoms with Gasteiger partial charge in [0, 0.05) is 98.4 Å². The van der Waals surface area contributed by atoms with Gasteiger partial charge < -0.3 is 61.3 Å². The second-order valence-corrected chi connectivity index (χ2v) is 40.0. The van der Waals surface area contributed by atoms with Gasteiger partial charge in [-0.05, 0) is 121 Å². The molecule has 0 spiro atoms. The van der Waals surface area contributed by atoms with E-state index in [4.69, 9.17) is 20.4 Å². The summed E-state index contributed by atoms with van der Waals surface area (Å²) < 4.78 is 154. The van der Waals surface area contributed by atoms with Crippen LogP contribution in [0.5, 0.6) is 0 Å². The summed E-state index contributed by atoms with van der Waals surface area (Å²) in [6.45, 7) is 14.8. The normalized spacial score (nSPS) is 13.9. The average molecular weight is 1930 g/mol. The van der Waals surface area contributed by atoms with E-state index in [-0.39, 0.29) is 73.1 Å². The third-order valence-electron chi connectivity index (χ3n) is 19.3. The molecular weight excluding hydrogens is 1810 g/mol. The molecule has 720 valence electrons. The van der Waals surface area contributed by atoms with Gasteiger partial charge in [0.15, 0.2) is 0 Å². The van der Waals surface area contributed by atoms with E-state index in [1.54, 1.807) is 0 Å². The third kappa shape index (κ3) is 34.9. The van der Waals surface area contributed by atoms with E-state index in [1.165, 1.54) is 174 Å². The van der Waals surface area contributed by atoms with Crippen LogP contribution in [0.25, 0.3) is 69.3 Å². The van der Waals surface area contributed by atoms with Crippen molar-refractivity contribution in [1.82, 2.24) is 39.9 Å². The number of nitrogens with zero attached hydrogens (tertiary/aromatic N) is 12. The number of benzene rings is 4. The second kappa shape index (κ2) is 49.3. The maximum absolute atomic E-state index is 13.5. The molecule has 8 atom stereocenters. The first-order valence-electron chi connectivity index (χ1n) is 40.7. The summed E-state index contributed by atoms with van der Waals surface area (Å²) in [6, 6.07) is 21.9. The summed E-state index contributed by atoms with van der Waals surface area (Å²) in [7, 11) is -9.30. The van der Waals surface area contributed by atoms with Gasteiger partial charge in [-0.2, -0.15) is 0 Å². The lowest BCUT2D eigenvalue weighted by Gasteiger charge is -2.20. The quantitative estimate of drug-likeness (QED) is 0.0159. The number of aliphatic carboxylic acids is 4. The third-order valence-corrected chi connectivity index (χ3v) is 23.9. The number of carbonyl (C=O) groups is 4. The standard InChI is InChI=1S/4C22H28FN3O6S/c4*1-13(2)20-18(10-9-16(27)11-17(28)12-19(29)30)21(14-5-7-15(23)8-6-14)25-22(24-20)26(3)33(4,31)32/h4*5-10,13,16-17,27-28H,11-12H2,1-4H3,(H,29,30)/b4*10-9+/t4*16-,17-/m1111/s1. The number of aromatic nitrogens is 8. The van der Waals surface area contributed by atoms with Crippen LogP contribution in [-0.4, -0.2) is 261 Å². The topological polar surface area (TPSA) is 564 Å². The van der Waals surface area contributed by atoms with E-state index in [0.717, 1.165) is 42.2 Å². The Kier molecular flexibility index (Phi) is 41.4. The first-order valence-corrected chi connectivity index (χ1v) is 48.1. The monoisotopic (exact) mass is 1920 g/mol. The number of rotatable bonds is 40. The van der Waals surface area contributed by atoms with Gasteiger partial charge in [-0.1, -0.05) is 104 Å². The van der Waals surface area contributed by atoms with Crippen LogP contribution in [0.3, 0.4) is 0 Å². The summed E-state index contributed by atoms with van der Waals surface area (Å²) >= 11 is 0. The van der Waals surface area contributed by atoms with Crippen LogP contribution in [-0.2, 0) is 59.3 Å². The Balaban J connectivity index is 0.000000311. The lowest BCUT2D eigenvalue weighted by atomic mass is 9.97. The zero-order valence-electron chi connectivity index (χ0n) is 75.2. The van der Waals surface area contributed by atoms with Crippen molar-refractivity contribution in [2.24, 2.45) is 0 Å². The molecule has 8 aromatic rings. The van der Waals surface area contributed by atoms with Gasteiger partial charge in [-0.3, -0.25) is 19.2 Å². The maximum atomic E-state index is 13.5. The highest BCUT2D eigenvalue weighted by Gasteiger charge is 2.30. The van der Waals surface area contributed by atoms with E-state index in [0.29, 0.717) is 90.1 Å². The molecule has 0 aliphatic carbocycles. The molecule has 0 saturated heterocycles. The largest absolute Gasteiger partial charge is 0.481 e. The molecule has 0 aliphatic heterocycles. The van der Waals surface area contributed by atoms with Crippen LogP contribution in [0.15, 0.2) is 121 Å². The summed E-state index contributed by atoms with van der Waals surface area (Å²) in [6.07, 6.45) is 3.44. The number of sulfonamides is 4. The second-order valence-electron chi connectivity index (χ2n) is 31.9. The van der Waals surface area contributed by atoms with Gasteiger partial charge in [0.2, 0.25) is 63.9 Å². The van der Waals surface area contributed by atoms with Gasteiger partial charge in [-0.15, -0.1) is 0 Å². The van der Waals surface area contributed by atoms with E-state index in [1.807, 2.05) is 55.4 Å². The first-order chi connectivity index (χ1) is 61.2. The van der Waals surface area contributed by atoms with Crippen LogP contribution in [0.1, 0.15) is 175 Å². The number of hydrogen-bond acceptors (Lipinski definition) is 28. The molecular formula is C88H112F4N12O24S4. The molecule has 0 amide bonds. The number of aliphatic hydroxyl groups excluding tert-OH is 8. The molecule has 0 unspecified atom stereocenters. The smallest absolute Gasteiger partial charge is 0.305 e. The summed E-state index contributed by atoms with van der Waals surface area (Å²) in [4.78, 5) is 78.2. The van der Waals surface area contributed by atoms with Crippen molar-refractivity contribution < 1.29 is 132 Å². The van der Waals surface area contributed by atoms with E-state index < -0.39 is 162 Å². The maximum Gasteiger partial charge on any atom is 0.305 e. The number of hydrogen-bond donors (Lipinski definition) is 12. The molecule has 0 saturated carbocycles. The molecule has 4 aromatic heterocycles. The van der Waals surface area contributed by atoms with Gasteiger partial charge in [-0.25, -0.2) is 108 Å². The van der Waals surface area contributed by atoms with E-state index in [2.05, 4.69) is 39.9 Å². The molecule has 4 heterocycles. The SMILES string of the molecule is CC(C)c1nc(N(C)S(C)(=O)=O)nc(-c2ccc(F)cc2)c1/C=C/[C@@H](O)C[C@@H](O)CC(=O)O.CC(C)c1nc(N(C)S(C)(=O)=O)nc(-c2ccc(F)cc2)c1/C=C/[C@@H](O)C[C@@H](O)CC(=O)O.CC(C)c1nc(N(C)S(C)(=O)=O)nc(-c2ccc(F)cc2)c1/C=C/[C@@H](O)C[C@@H](O)CC(=O)O.CC(C)c1nc(N(C)S(C)(=O)=O)nc(-c2ccc(F)cc2)c1/C=C/[C@@H](O)C[C@@H](O)CC(=O)O. The Morgan fingerprint density at radius 2 is 0.447 bits per heavy atom. The van der Waals surface area contributed by atoms with Crippen LogP contribution in [0.4, 0.5) is 41.4 Å². The number of carboxylic acids is 4. The Morgan fingerprint density at radius 3 is 0.576 bits per heavy atom. The molecule has 4 aromatic carbocycles. The minimum Gasteiger partial charge on any atom is -0.481 e. The highest BCUT2D eigenvalue weighted by atomic mass is 32.2. The van der Waals surface area contributed by atoms with Crippen LogP contribution in [0.2, 0.25) is 0 Å². The summed E-state index contributed by atoms with van der Waals surface area (Å²) in [5.41, 5.74) is 7.21. The fourth-order valence-electron chi connectivity index (χ4n) is 12.2. The minimum atomic E-state index is -3.65. The molecule has 0 bridgehead atoms. The Bertz CT molecular complexity index is 5190. The number of anilines is 4. The van der Waals surface area contributed by atoms with E-state index in [9.17, 15) is 111 Å². The predicted molar refractivity (Wildman–Crippen MR) is 491 cm³/mol. The van der Waals surface area contributed by atoms with Gasteiger partial charge in [0.25, 0.3) is 0 Å². The highest BCUT2D eigenvalue weighted by Crippen LogP contribution is 2.38. The van der Waals surface area contributed by atoms with Crippen molar-refractivity contribution in [2.75, 3.05) is 70.4 Å². The Labute approximate surface area is 763 Å². The predicted octanol–water partition coefficient (Wildman–Crippen LogP) is 9.61. The molecule has 12 N–H and O–H groups in total. The molecule has 0 fully saturated rings. The van der Waals surface area contributed by atoms with Gasteiger partial charge in [0.05, 0.1) is 145 Å². The molecule has 36 nitrogen and oxygen atoms in total. The fourth-order valence-corrected chi connectivity index (χ4v) is 13.7. The summed E-state index contributed by atoms with van der Waals surface area (Å²) in [5.74, 6) is -7.47. The van der Waals surface area contributed by atoms with Crippen LogP contribution in [0, 0.1) is 23.3 Å². The highest BCUT2D eigenvalue weighted by molar-refractivity contribution is 7.92. The van der Waals surface area contributed by atoms with Gasteiger partial charge >= 0.3 is 23.9 Å². The van der Waals surface area contributed by atoms with E-state index >= 15 is 0 Å². The molecule has 0 radical (unpaired) electrons. The number of carboxylic acid groups (broad SMARTS) is 4. The molecule has 8 rings (SSSR count). The average Bonchev–Trinajstić information content (AvgIpc) is 0.793. The van der Waals surface area contributed by atoms with Gasteiger partial charge in [0.1, 0.15) is 23.3 Å². The van der Waals surface area contributed by atoms with Crippen LogP contribution >= 0.6 is 0 Å². The molecule has 132 heavy (non-hydrogen) atoms. The molecule has 0 aliphatic rings. The lowest BCUT2D eigenvalue weighted by molar-refractivity contribution is -0.140. The number of aliphatic hydroxyl groups is 8. The summed E-state index contributed by atoms with van der Waals surface area (Å²) in [5, 5.41) is 115. The van der Waals surface area contributed by atoms with Crippen molar-refractivity contribution in [3.63, 3.8) is 0 Å².